The van der Waals surface area contributed by atoms with Crippen molar-refractivity contribution in [1.82, 2.24) is 15.1 Å². The molecule has 0 saturated carbocycles. The van der Waals surface area contributed by atoms with Crippen molar-refractivity contribution in [3.05, 3.63) is 59.3 Å². The Balaban J connectivity index is 0.000000318. The topological polar surface area (TPSA) is 110 Å². The standard InChI is InChI=1S/C18H18N4O.C2HF3O2/c1-11-16-9-14(6-5-12(16)7-8-20-11)22-10-13-3-2-4-15(18(19)23)17(13)21-22;3-2(4,5)1(6)7/h2-6,9-11,20H,7-8H2,1H3,(H2,19,23);(H,6,7). The number of hydrogen-bond donors (Lipinski definition) is 3. The van der Waals surface area contributed by atoms with Crippen molar-refractivity contribution in [3.8, 4) is 5.69 Å². The van der Waals surface area contributed by atoms with Crippen LogP contribution < -0.4 is 11.1 Å². The van der Waals surface area contributed by atoms with E-state index >= 15 is 0 Å². The lowest BCUT2D eigenvalue weighted by atomic mass is 9.95. The molecule has 1 aromatic heterocycles. The zero-order valence-corrected chi connectivity index (χ0v) is 15.9. The number of benzene rings is 2. The number of amides is 1. The molecule has 3 aromatic rings. The maximum absolute atomic E-state index is 11.6. The van der Waals surface area contributed by atoms with Gasteiger partial charge in [-0.2, -0.15) is 18.3 Å². The largest absolute Gasteiger partial charge is 0.490 e. The molecular weight excluding hydrogens is 401 g/mol. The fourth-order valence-electron chi connectivity index (χ4n) is 3.27. The number of carbonyl (C=O) groups is 2. The highest BCUT2D eigenvalue weighted by molar-refractivity contribution is 6.04. The first-order chi connectivity index (χ1) is 14.1. The summed E-state index contributed by atoms with van der Waals surface area (Å²) in [6.07, 6.45) is -2.10. The van der Waals surface area contributed by atoms with Crippen LogP contribution in [0, 0.1) is 0 Å². The van der Waals surface area contributed by atoms with Gasteiger partial charge in [0.15, 0.2) is 0 Å². The van der Waals surface area contributed by atoms with E-state index in [9.17, 15) is 18.0 Å². The number of aliphatic carboxylic acids is 1. The van der Waals surface area contributed by atoms with Crippen molar-refractivity contribution in [3.63, 3.8) is 0 Å². The zero-order valence-electron chi connectivity index (χ0n) is 15.9. The number of rotatable bonds is 2. The molecule has 0 aliphatic carbocycles. The van der Waals surface area contributed by atoms with Gasteiger partial charge in [-0.15, -0.1) is 0 Å². The number of carboxylic acid groups (broad SMARTS) is 1. The number of nitrogens with one attached hydrogen (secondary N) is 1. The number of carboxylic acids is 1. The third-order valence-electron chi connectivity index (χ3n) is 4.75. The number of nitrogens with two attached hydrogens (primary N) is 1. The lowest BCUT2D eigenvalue weighted by Crippen LogP contribution is -2.27. The second kappa shape index (κ2) is 8.15. The Labute approximate surface area is 169 Å². The van der Waals surface area contributed by atoms with E-state index in [0.29, 0.717) is 17.1 Å². The first-order valence-corrected chi connectivity index (χ1v) is 9.03. The van der Waals surface area contributed by atoms with Crippen LogP contribution in [0.25, 0.3) is 16.6 Å². The van der Waals surface area contributed by atoms with Gasteiger partial charge in [-0.05, 0) is 49.2 Å². The maximum atomic E-state index is 11.6. The molecule has 1 atom stereocenters. The Hall–Kier alpha value is -3.40. The van der Waals surface area contributed by atoms with Crippen LogP contribution in [0.2, 0.25) is 0 Å². The second-order valence-corrected chi connectivity index (χ2v) is 6.79. The predicted molar refractivity (Wildman–Crippen MR) is 103 cm³/mol. The number of hydrogen-bond acceptors (Lipinski definition) is 4. The van der Waals surface area contributed by atoms with Crippen molar-refractivity contribution < 1.29 is 27.9 Å². The zero-order chi connectivity index (χ0) is 22.1. The number of carbonyl (C=O) groups excluding carboxylic acids is 1. The minimum absolute atomic E-state index is 0.338. The van der Waals surface area contributed by atoms with E-state index in [2.05, 4.69) is 35.5 Å². The molecule has 2 aromatic carbocycles. The van der Waals surface area contributed by atoms with Gasteiger partial charge in [0.1, 0.15) is 5.52 Å². The Morgan fingerprint density at radius 2 is 1.97 bits per heavy atom. The molecular formula is C20H19F3N4O3. The molecule has 1 aliphatic rings. The van der Waals surface area contributed by atoms with E-state index in [0.717, 1.165) is 24.0 Å². The van der Waals surface area contributed by atoms with Crippen molar-refractivity contribution in [1.29, 1.82) is 0 Å². The monoisotopic (exact) mass is 420 g/mol. The molecule has 0 radical (unpaired) electrons. The van der Waals surface area contributed by atoms with E-state index in [-0.39, 0.29) is 0 Å². The van der Waals surface area contributed by atoms with Crippen molar-refractivity contribution in [2.75, 3.05) is 6.54 Å². The fourth-order valence-corrected chi connectivity index (χ4v) is 3.27. The summed E-state index contributed by atoms with van der Waals surface area (Å²) in [6.45, 7) is 3.19. The SMILES string of the molecule is CC1NCCc2ccc(-n3cc4cccc(C(N)=O)c4n3)cc21.O=C(O)C(F)(F)F. The van der Waals surface area contributed by atoms with Gasteiger partial charge < -0.3 is 16.2 Å². The van der Waals surface area contributed by atoms with Crippen LogP contribution in [0.3, 0.4) is 0 Å². The number of nitrogens with zero attached hydrogens (tertiary/aromatic N) is 2. The van der Waals surface area contributed by atoms with Crippen LogP contribution in [0.15, 0.2) is 42.6 Å². The predicted octanol–water partition coefficient (Wildman–Crippen LogP) is 2.96. The Kier molecular flexibility index (Phi) is 5.79. The van der Waals surface area contributed by atoms with Gasteiger partial charge in [0.25, 0.3) is 5.91 Å². The molecule has 30 heavy (non-hydrogen) atoms. The molecule has 1 aliphatic heterocycles. The normalized spacial score (nSPS) is 15.8. The minimum Gasteiger partial charge on any atom is -0.475 e. The summed E-state index contributed by atoms with van der Waals surface area (Å²) in [5, 5.41) is 16.1. The minimum atomic E-state index is -5.08. The molecule has 158 valence electrons. The molecule has 7 nitrogen and oxygen atoms in total. The summed E-state index contributed by atoms with van der Waals surface area (Å²) in [6, 6.07) is 12.2. The molecule has 1 amide bonds. The van der Waals surface area contributed by atoms with Crippen LogP contribution in [-0.2, 0) is 11.2 Å². The molecule has 0 saturated heterocycles. The van der Waals surface area contributed by atoms with E-state index < -0.39 is 18.1 Å². The summed E-state index contributed by atoms with van der Waals surface area (Å²) in [7, 11) is 0. The summed E-state index contributed by atoms with van der Waals surface area (Å²) < 4.78 is 33.6. The lowest BCUT2D eigenvalue weighted by molar-refractivity contribution is -0.192. The van der Waals surface area contributed by atoms with Gasteiger partial charge in [0.05, 0.1) is 11.3 Å². The number of alkyl halides is 3. The summed E-state index contributed by atoms with van der Waals surface area (Å²) in [4.78, 5) is 20.5. The first-order valence-electron chi connectivity index (χ1n) is 9.03. The van der Waals surface area contributed by atoms with Gasteiger partial charge in [-0.25, -0.2) is 9.48 Å². The van der Waals surface area contributed by atoms with Gasteiger partial charge in [0, 0.05) is 17.6 Å². The van der Waals surface area contributed by atoms with Crippen LogP contribution >= 0.6 is 0 Å². The summed E-state index contributed by atoms with van der Waals surface area (Å²) in [5.41, 5.74) is 10.2. The second-order valence-electron chi connectivity index (χ2n) is 6.79. The first kappa shape index (κ1) is 21.3. The highest BCUT2D eigenvalue weighted by Gasteiger charge is 2.38. The Morgan fingerprint density at radius 1 is 1.27 bits per heavy atom. The molecule has 4 rings (SSSR count). The van der Waals surface area contributed by atoms with Crippen molar-refractivity contribution in [2.24, 2.45) is 5.73 Å². The van der Waals surface area contributed by atoms with Gasteiger partial charge in [-0.1, -0.05) is 18.2 Å². The van der Waals surface area contributed by atoms with Gasteiger partial charge in [0.2, 0.25) is 0 Å². The molecule has 0 fully saturated rings. The van der Waals surface area contributed by atoms with Crippen LogP contribution in [0.5, 0.6) is 0 Å². The molecule has 0 bridgehead atoms. The Bertz CT molecular complexity index is 1110. The van der Waals surface area contributed by atoms with Crippen molar-refractivity contribution >= 4 is 22.8 Å². The van der Waals surface area contributed by atoms with Crippen LogP contribution in [-0.4, -0.2) is 39.5 Å². The number of fused-ring (bicyclic) bond motifs is 2. The van der Waals surface area contributed by atoms with E-state index in [1.165, 1.54) is 11.1 Å². The number of primary amides is 1. The molecule has 4 N–H and O–H groups in total. The summed E-state index contributed by atoms with van der Waals surface area (Å²) >= 11 is 0. The van der Waals surface area contributed by atoms with E-state index in [1.807, 2.05) is 23.0 Å². The molecule has 2 heterocycles. The molecule has 1 unspecified atom stereocenters. The number of aromatic nitrogens is 2. The third kappa shape index (κ3) is 4.43. The van der Waals surface area contributed by atoms with E-state index in [1.54, 1.807) is 6.07 Å². The maximum Gasteiger partial charge on any atom is 0.490 e. The average Bonchev–Trinajstić information content (AvgIpc) is 3.12. The summed E-state index contributed by atoms with van der Waals surface area (Å²) in [5.74, 6) is -3.21. The van der Waals surface area contributed by atoms with Crippen LogP contribution in [0.1, 0.15) is 34.5 Å². The van der Waals surface area contributed by atoms with E-state index in [4.69, 9.17) is 15.6 Å². The highest BCUT2D eigenvalue weighted by Crippen LogP contribution is 2.26. The fraction of sp³-hybridized carbons (Fsp3) is 0.250. The quantitative estimate of drug-likeness (QED) is 0.590. The molecule has 0 spiro atoms. The van der Waals surface area contributed by atoms with Gasteiger partial charge in [-0.3, -0.25) is 4.79 Å². The molecule has 10 heteroatoms. The van der Waals surface area contributed by atoms with Crippen molar-refractivity contribution in [2.45, 2.75) is 25.6 Å². The Morgan fingerprint density at radius 3 is 2.60 bits per heavy atom. The average molecular weight is 420 g/mol. The number of halogens is 3. The van der Waals surface area contributed by atoms with Crippen LogP contribution in [0.4, 0.5) is 13.2 Å². The lowest BCUT2D eigenvalue weighted by Gasteiger charge is -2.24. The highest BCUT2D eigenvalue weighted by atomic mass is 19.4. The third-order valence-corrected chi connectivity index (χ3v) is 4.75. The van der Waals surface area contributed by atoms with Gasteiger partial charge >= 0.3 is 12.1 Å². The smallest absolute Gasteiger partial charge is 0.475 e.